The zero-order valence-electron chi connectivity index (χ0n) is 16.7. The van der Waals surface area contributed by atoms with Gasteiger partial charge >= 0.3 is 5.63 Å². The second-order valence-electron chi connectivity index (χ2n) is 7.34. The van der Waals surface area contributed by atoms with Crippen LogP contribution in [0.1, 0.15) is 11.1 Å². The van der Waals surface area contributed by atoms with Crippen LogP contribution >= 0.6 is 0 Å². The number of rotatable bonds is 6. The van der Waals surface area contributed by atoms with Crippen molar-refractivity contribution in [3.8, 4) is 5.75 Å². The molecule has 150 valence electrons. The molecule has 0 bridgehead atoms. The Morgan fingerprint density at radius 1 is 1.00 bits per heavy atom. The van der Waals surface area contributed by atoms with Gasteiger partial charge in [0, 0.05) is 56.8 Å². The average Bonchev–Trinajstić information content (AvgIpc) is 2.75. The van der Waals surface area contributed by atoms with E-state index in [9.17, 15) is 4.79 Å². The molecule has 1 aliphatic heterocycles. The molecule has 1 saturated heterocycles. The zero-order chi connectivity index (χ0) is 20.1. The summed E-state index contributed by atoms with van der Waals surface area (Å²) in [4.78, 5) is 16.8. The third kappa shape index (κ3) is 4.94. The molecular formula is C24H26N2O3. The van der Waals surface area contributed by atoms with Crippen molar-refractivity contribution in [2.45, 2.75) is 6.54 Å². The second kappa shape index (κ2) is 9.07. The van der Waals surface area contributed by atoms with E-state index in [-0.39, 0.29) is 5.63 Å². The molecule has 0 aliphatic carbocycles. The number of fused-ring (bicyclic) bond motifs is 1. The molecule has 0 radical (unpaired) electrons. The highest BCUT2D eigenvalue weighted by Gasteiger charge is 2.17. The van der Waals surface area contributed by atoms with Crippen LogP contribution in [0.4, 0.5) is 0 Å². The first-order valence-corrected chi connectivity index (χ1v) is 9.98. The molecule has 5 nitrogen and oxygen atoms in total. The van der Waals surface area contributed by atoms with E-state index in [1.165, 1.54) is 5.56 Å². The number of ether oxygens (including phenoxy) is 1. The van der Waals surface area contributed by atoms with Gasteiger partial charge in [0.15, 0.2) is 0 Å². The van der Waals surface area contributed by atoms with Crippen LogP contribution in [0, 0.1) is 0 Å². The molecule has 0 spiro atoms. The predicted molar refractivity (Wildman–Crippen MR) is 116 cm³/mol. The minimum absolute atomic E-state index is 0.314. The van der Waals surface area contributed by atoms with Gasteiger partial charge in [0.2, 0.25) is 0 Å². The molecule has 0 unspecified atom stereocenters. The number of benzene rings is 2. The third-order valence-electron chi connectivity index (χ3n) is 5.37. The minimum atomic E-state index is -0.314. The Morgan fingerprint density at radius 2 is 1.76 bits per heavy atom. The van der Waals surface area contributed by atoms with E-state index in [2.05, 4.69) is 46.2 Å². The second-order valence-corrected chi connectivity index (χ2v) is 7.34. The highest BCUT2D eigenvalue weighted by atomic mass is 16.5. The first-order valence-electron chi connectivity index (χ1n) is 9.98. The maximum absolute atomic E-state index is 12.0. The van der Waals surface area contributed by atoms with Gasteiger partial charge < -0.3 is 9.15 Å². The van der Waals surface area contributed by atoms with Crippen molar-refractivity contribution in [1.29, 1.82) is 0 Å². The molecule has 29 heavy (non-hydrogen) atoms. The Labute approximate surface area is 170 Å². The molecular weight excluding hydrogens is 364 g/mol. The van der Waals surface area contributed by atoms with Crippen molar-refractivity contribution >= 4 is 17.0 Å². The van der Waals surface area contributed by atoms with Gasteiger partial charge in [-0.1, -0.05) is 42.5 Å². The number of hydrogen-bond donors (Lipinski definition) is 0. The van der Waals surface area contributed by atoms with E-state index >= 15 is 0 Å². The quantitative estimate of drug-likeness (QED) is 0.602. The molecule has 0 N–H and O–H groups in total. The molecule has 3 aromatic rings. The van der Waals surface area contributed by atoms with Crippen LogP contribution in [0.25, 0.3) is 17.0 Å². The molecule has 1 aliphatic rings. The topological polar surface area (TPSA) is 45.9 Å². The van der Waals surface area contributed by atoms with E-state index in [0.717, 1.165) is 50.2 Å². The fraction of sp³-hybridized carbons (Fsp3) is 0.292. The Bertz CT molecular complexity index is 1030. The van der Waals surface area contributed by atoms with Crippen LogP contribution in [-0.2, 0) is 6.54 Å². The monoisotopic (exact) mass is 390 g/mol. The molecule has 0 saturated carbocycles. The van der Waals surface area contributed by atoms with Gasteiger partial charge in [-0.05, 0) is 23.3 Å². The predicted octanol–water partition coefficient (Wildman–Crippen LogP) is 3.63. The lowest BCUT2D eigenvalue weighted by atomic mass is 10.1. The zero-order valence-corrected chi connectivity index (χ0v) is 16.7. The van der Waals surface area contributed by atoms with Crippen LogP contribution < -0.4 is 10.4 Å². The summed E-state index contributed by atoms with van der Waals surface area (Å²) in [5.41, 5.74) is 2.51. The van der Waals surface area contributed by atoms with Crippen LogP contribution in [-0.4, -0.2) is 49.6 Å². The Morgan fingerprint density at radius 3 is 2.52 bits per heavy atom. The summed E-state index contributed by atoms with van der Waals surface area (Å²) in [6, 6.07) is 17.6. The first-order chi connectivity index (χ1) is 14.2. The Hall–Kier alpha value is -2.89. The highest BCUT2D eigenvalue weighted by Crippen LogP contribution is 2.23. The molecule has 4 rings (SSSR count). The number of nitrogens with zero attached hydrogens (tertiary/aromatic N) is 2. The van der Waals surface area contributed by atoms with Crippen molar-refractivity contribution in [3.63, 3.8) is 0 Å². The van der Waals surface area contributed by atoms with Crippen molar-refractivity contribution < 1.29 is 9.15 Å². The third-order valence-corrected chi connectivity index (χ3v) is 5.37. The molecule has 0 atom stereocenters. The largest absolute Gasteiger partial charge is 0.497 e. The van der Waals surface area contributed by atoms with Crippen molar-refractivity contribution in [2.75, 3.05) is 39.8 Å². The summed E-state index contributed by atoms with van der Waals surface area (Å²) in [6.07, 6.45) is 4.41. The average molecular weight is 390 g/mol. The molecule has 1 aromatic heterocycles. The minimum Gasteiger partial charge on any atom is -0.497 e. The summed E-state index contributed by atoms with van der Waals surface area (Å²) in [5, 5.41) is 0.971. The normalized spacial score (nSPS) is 15.9. The van der Waals surface area contributed by atoms with Crippen molar-refractivity contribution in [1.82, 2.24) is 9.80 Å². The van der Waals surface area contributed by atoms with E-state index in [1.54, 1.807) is 19.2 Å². The smallest absolute Gasteiger partial charge is 0.336 e. The maximum atomic E-state index is 12.0. The van der Waals surface area contributed by atoms with Crippen LogP contribution in [0.3, 0.4) is 0 Å². The van der Waals surface area contributed by atoms with Gasteiger partial charge in [-0.2, -0.15) is 0 Å². The molecule has 5 heteroatoms. The standard InChI is InChI=1S/C24H26N2O3/c1-28-21-9-10-22-20(16-24(27)29-23(22)17-21)18-26-14-12-25(13-15-26)11-5-8-19-6-3-2-4-7-19/h2-10,16-17H,11-15,18H2,1H3. The molecule has 1 fully saturated rings. The van der Waals surface area contributed by atoms with E-state index in [0.29, 0.717) is 11.3 Å². The summed E-state index contributed by atoms with van der Waals surface area (Å²) in [6.45, 7) is 5.72. The number of methoxy groups -OCH3 is 1. The van der Waals surface area contributed by atoms with Crippen LogP contribution in [0.2, 0.25) is 0 Å². The van der Waals surface area contributed by atoms with Gasteiger partial charge in [0.05, 0.1) is 7.11 Å². The van der Waals surface area contributed by atoms with Crippen LogP contribution in [0.15, 0.2) is 69.9 Å². The fourth-order valence-electron chi connectivity index (χ4n) is 3.74. The number of piperazine rings is 1. The molecule has 2 heterocycles. The van der Waals surface area contributed by atoms with Gasteiger partial charge in [0.1, 0.15) is 11.3 Å². The van der Waals surface area contributed by atoms with E-state index in [1.807, 2.05) is 18.2 Å². The van der Waals surface area contributed by atoms with Crippen molar-refractivity contribution in [2.24, 2.45) is 0 Å². The summed E-state index contributed by atoms with van der Waals surface area (Å²) in [5.74, 6) is 0.690. The Balaban J connectivity index is 1.36. The lowest BCUT2D eigenvalue weighted by Crippen LogP contribution is -2.45. The maximum Gasteiger partial charge on any atom is 0.336 e. The lowest BCUT2D eigenvalue weighted by Gasteiger charge is -2.34. The van der Waals surface area contributed by atoms with E-state index < -0.39 is 0 Å². The summed E-state index contributed by atoms with van der Waals surface area (Å²) < 4.78 is 10.6. The highest BCUT2D eigenvalue weighted by molar-refractivity contribution is 5.81. The van der Waals surface area contributed by atoms with Gasteiger partial charge in [0.25, 0.3) is 0 Å². The SMILES string of the molecule is COc1ccc2c(CN3CCN(CC=Cc4ccccc4)CC3)cc(=O)oc2c1. The summed E-state index contributed by atoms with van der Waals surface area (Å²) >= 11 is 0. The van der Waals surface area contributed by atoms with Gasteiger partial charge in [-0.25, -0.2) is 4.79 Å². The Kier molecular flexibility index (Phi) is 6.08. The van der Waals surface area contributed by atoms with Gasteiger partial charge in [-0.3, -0.25) is 9.80 Å². The summed E-state index contributed by atoms with van der Waals surface area (Å²) in [7, 11) is 1.61. The first kappa shape index (κ1) is 19.4. The van der Waals surface area contributed by atoms with Crippen molar-refractivity contribution in [3.05, 3.63) is 82.2 Å². The molecule has 0 amide bonds. The number of hydrogen-bond acceptors (Lipinski definition) is 5. The lowest BCUT2D eigenvalue weighted by molar-refractivity contribution is 0.137. The fourth-order valence-corrected chi connectivity index (χ4v) is 3.74. The van der Waals surface area contributed by atoms with Gasteiger partial charge in [-0.15, -0.1) is 0 Å². The molecule has 2 aromatic carbocycles. The van der Waals surface area contributed by atoms with Crippen LogP contribution in [0.5, 0.6) is 5.75 Å². The van der Waals surface area contributed by atoms with E-state index in [4.69, 9.17) is 9.15 Å².